The summed E-state index contributed by atoms with van der Waals surface area (Å²) in [4.78, 5) is 23.2. The Labute approximate surface area is 203 Å². The average Bonchev–Trinajstić information content (AvgIpc) is 3.26. The highest BCUT2D eigenvalue weighted by Crippen LogP contribution is 2.28. The Morgan fingerprint density at radius 1 is 1.09 bits per heavy atom. The number of hydrogen-bond donors (Lipinski definition) is 2. The van der Waals surface area contributed by atoms with Crippen LogP contribution in [0.2, 0.25) is 0 Å². The third kappa shape index (κ3) is 6.40. The van der Waals surface area contributed by atoms with E-state index < -0.39 is 26.9 Å². The predicted molar refractivity (Wildman–Crippen MR) is 131 cm³/mol. The lowest BCUT2D eigenvalue weighted by Crippen LogP contribution is -2.48. The number of nitrogens with zero attached hydrogens (tertiary/aromatic N) is 2. The summed E-state index contributed by atoms with van der Waals surface area (Å²) in [6, 6.07) is 13.0. The van der Waals surface area contributed by atoms with Crippen molar-refractivity contribution in [2.24, 2.45) is 11.0 Å². The van der Waals surface area contributed by atoms with Crippen molar-refractivity contribution < 1.29 is 22.6 Å². The van der Waals surface area contributed by atoms with E-state index in [0.29, 0.717) is 22.6 Å². The van der Waals surface area contributed by atoms with E-state index in [2.05, 4.69) is 15.2 Å². The van der Waals surface area contributed by atoms with Gasteiger partial charge in [0.25, 0.3) is 11.6 Å². The van der Waals surface area contributed by atoms with Crippen LogP contribution in [0.5, 0.6) is 0 Å². The second-order valence-corrected chi connectivity index (χ2v) is 10.1. The number of rotatable bonds is 9. The summed E-state index contributed by atoms with van der Waals surface area (Å²) in [7, 11) is -3.91. The van der Waals surface area contributed by atoms with Crippen molar-refractivity contribution in [1.29, 1.82) is 0 Å². The number of aryl methyl sites for hydroxylation is 2. The molecule has 0 aliphatic rings. The molecule has 1 atom stereocenters. The maximum absolute atomic E-state index is 12.7. The Morgan fingerprint density at radius 2 is 1.77 bits per heavy atom. The van der Waals surface area contributed by atoms with Crippen molar-refractivity contribution in [3.05, 3.63) is 81.6 Å². The van der Waals surface area contributed by atoms with Crippen LogP contribution >= 0.6 is 0 Å². The number of furan rings is 1. The highest BCUT2D eigenvalue weighted by molar-refractivity contribution is 7.89. The summed E-state index contributed by atoms with van der Waals surface area (Å²) in [5.74, 6) is -0.147. The summed E-state index contributed by atoms with van der Waals surface area (Å²) in [5.41, 5.74) is 4.61. The summed E-state index contributed by atoms with van der Waals surface area (Å²) in [6.45, 7) is 7.03. The average molecular weight is 499 g/mol. The van der Waals surface area contributed by atoms with E-state index >= 15 is 0 Å². The van der Waals surface area contributed by atoms with E-state index in [9.17, 15) is 23.3 Å². The van der Waals surface area contributed by atoms with Gasteiger partial charge >= 0.3 is 0 Å². The van der Waals surface area contributed by atoms with Gasteiger partial charge < -0.3 is 4.42 Å². The van der Waals surface area contributed by atoms with Crippen molar-refractivity contribution >= 4 is 27.8 Å². The van der Waals surface area contributed by atoms with Gasteiger partial charge in [-0.3, -0.25) is 14.9 Å². The first-order valence-corrected chi connectivity index (χ1v) is 12.2. The van der Waals surface area contributed by atoms with Crippen molar-refractivity contribution in [3.63, 3.8) is 0 Å². The molecule has 1 amide bonds. The second kappa shape index (κ2) is 10.6. The van der Waals surface area contributed by atoms with Crippen LogP contribution in [0.25, 0.3) is 11.3 Å². The quantitative estimate of drug-likeness (QED) is 0.260. The smallest absolute Gasteiger partial charge is 0.269 e. The second-order valence-electron chi connectivity index (χ2n) is 8.35. The molecule has 1 aromatic heterocycles. The van der Waals surface area contributed by atoms with Crippen molar-refractivity contribution in [3.8, 4) is 11.3 Å². The number of carbonyl (C=O) groups is 1. The lowest BCUT2D eigenvalue weighted by atomic mass is 10.1. The Balaban J connectivity index is 1.68. The maximum atomic E-state index is 12.7. The van der Waals surface area contributed by atoms with E-state index in [1.165, 1.54) is 30.5 Å². The fraction of sp³-hybridized carbons (Fsp3) is 0.250. The Kier molecular flexibility index (Phi) is 7.82. The number of carbonyl (C=O) groups excluding carboxylic acids is 1. The molecule has 2 N–H and O–H groups in total. The van der Waals surface area contributed by atoms with Gasteiger partial charge in [0.2, 0.25) is 10.0 Å². The van der Waals surface area contributed by atoms with Gasteiger partial charge in [0.05, 0.1) is 16.0 Å². The zero-order valence-electron chi connectivity index (χ0n) is 19.7. The topological polar surface area (TPSA) is 144 Å². The van der Waals surface area contributed by atoms with Gasteiger partial charge in [-0.25, -0.2) is 13.8 Å². The fourth-order valence-corrected chi connectivity index (χ4v) is 4.62. The van der Waals surface area contributed by atoms with Crippen LogP contribution in [0.1, 0.15) is 30.7 Å². The molecule has 1 heterocycles. The zero-order chi connectivity index (χ0) is 25.8. The molecule has 0 aliphatic carbocycles. The van der Waals surface area contributed by atoms with Crippen LogP contribution in [0.3, 0.4) is 0 Å². The van der Waals surface area contributed by atoms with Gasteiger partial charge in [-0.05, 0) is 55.7 Å². The van der Waals surface area contributed by atoms with Crippen LogP contribution in [-0.2, 0) is 14.8 Å². The normalized spacial score (nSPS) is 12.7. The van der Waals surface area contributed by atoms with Gasteiger partial charge in [-0.1, -0.05) is 31.5 Å². The van der Waals surface area contributed by atoms with E-state index in [1.807, 2.05) is 6.92 Å². The molecule has 0 bridgehead atoms. The largest absolute Gasteiger partial charge is 0.455 e. The predicted octanol–water partition coefficient (Wildman–Crippen LogP) is 3.92. The van der Waals surface area contributed by atoms with E-state index in [1.54, 1.807) is 51.1 Å². The first kappa shape index (κ1) is 25.8. The van der Waals surface area contributed by atoms with Crippen LogP contribution < -0.4 is 10.1 Å². The molecule has 0 fully saturated rings. The van der Waals surface area contributed by atoms with Gasteiger partial charge in [-0.15, -0.1) is 0 Å². The molecule has 0 radical (unpaired) electrons. The molecule has 3 rings (SSSR count). The van der Waals surface area contributed by atoms with Gasteiger partial charge in [0.15, 0.2) is 0 Å². The molecule has 0 saturated carbocycles. The highest BCUT2D eigenvalue weighted by atomic mass is 32.2. The van der Waals surface area contributed by atoms with Gasteiger partial charge in [0, 0.05) is 17.7 Å². The fourth-order valence-electron chi connectivity index (χ4n) is 3.28. The number of sulfonamides is 1. The summed E-state index contributed by atoms with van der Waals surface area (Å²) in [6.07, 6.45) is 1.29. The number of nitro benzene ring substituents is 1. The SMILES string of the molecule is Cc1ccc(S(=O)(=O)N[C@@H](C(=O)N/N=C\c2ccc(-c3ccc([N+](=O)[O-])cc3C)o2)C(C)C)cc1. The molecule has 0 saturated heterocycles. The zero-order valence-corrected chi connectivity index (χ0v) is 20.5. The van der Waals surface area contributed by atoms with E-state index in [-0.39, 0.29) is 16.5 Å². The lowest BCUT2D eigenvalue weighted by Gasteiger charge is -2.20. The first-order valence-electron chi connectivity index (χ1n) is 10.7. The molecular formula is C24H26N4O6S. The number of benzene rings is 2. The molecular weight excluding hydrogens is 472 g/mol. The number of nitro groups is 1. The van der Waals surface area contributed by atoms with Crippen molar-refractivity contribution in [2.45, 2.75) is 38.6 Å². The van der Waals surface area contributed by atoms with Crippen molar-refractivity contribution in [1.82, 2.24) is 10.1 Å². The molecule has 11 heteroatoms. The molecule has 0 spiro atoms. The number of amides is 1. The van der Waals surface area contributed by atoms with Gasteiger partial charge in [-0.2, -0.15) is 9.82 Å². The summed E-state index contributed by atoms with van der Waals surface area (Å²) < 4.78 is 33.5. The molecule has 10 nitrogen and oxygen atoms in total. The molecule has 0 aliphatic heterocycles. The van der Waals surface area contributed by atoms with Crippen molar-refractivity contribution in [2.75, 3.05) is 0 Å². The molecule has 0 unspecified atom stereocenters. The minimum absolute atomic E-state index is 0.0139. The van der Waals surface area contributed by atoms with Crippen LogP contribution in [-0.4, -0.2) is 31.5 Å². The maximum Gasteiger partial charge on any atom is 0.269 e. The third-order valence-electron chi connectivity index (χ3n) is 5.24. The lowest BCUT2D eigenvalue weighted by molar-refractivity contribution is -0.384. The highest BCUT2D eigenvalue weighted by Gasteiger charge is 2.28. The van der Waals surface area contributed by atoms with Crippen LogP contribution in [0, 0.1) is 29.9 Å². The third-order valence-corrected chi connectivity index (χ3v) is 6.70. The minimum atomic E-state index is -3.91. The van der Waals surface area contributed by atoms with Gasteiger partial charge in [0.1, 0.15) is 17.6 Å². The first-order chi connectivity index (χ1) is 16.5. The Hall–Kier alpha value is -3.83. The molecule has 2 aromatic carbocycles. The minimum Gasteiger partial charge on any atom is -0.455 e. The number of nitrogens with one attached hydrogen (secondary N) is 2. The van der Waals surface area contributed by atoms with Crippen LogP contribution in [0.4, 0.5) is 5.69 Å². The molecule has 3 aromatic rings. The molecule has 35 heavy (non-hydrogen) atoms. The summed E-state index contributed by atoms with van der Waals surface area (Å²) >= 11 is 0. The Morgan fingerprint density at radius 3 is 2.37 bits per heavy atom. The monoisotopic (exact) mass is 498 g/mol. The number of hydrogen-bond acceptors (Lipinski definition) is 7. The number of non-ortho nitro benzene ring substituents is 1. The standard InChI is InChI=1S/C24H26N4O6S/c1-15(2)23(27-35(32,33)20-9-5-16(3)6-10-20)24(29)26-25-14-19-8-12-22(34-19)21-11-7-18(28(30)31)13-17(21)4/h5-15,23,27H,1-4H3,(H,26,29)/b25-14-/t23-/m1/s1. The van der Waals surface area contributed by atoms with E-state index in [0.717, 1.165) is 5.56 Å². The summed E-state index contributed by atoms with van der Waals surface area (Å²) in [5, 5.41) is 14.8. The number of hydrazone groups is 1. The van der Waals surface area contributed by atoms with Crippen LogP contribution in [0.15, 0.2) is 69.0 Å². The molecule has 184 valence electrons. The van der Waals surface area contributed by atoms with E-state index in [4.69, 9.17) is 4.42 Å². The Bertz CT molecular complexity index is 1360.